The Hall–Kier alpha value is -6.43. The van der Waals surface area contributed by atoms with Crippen molar-refractivity contribution in [1.82, 2.24) is 30.2 Å². The molecule has 4 aliphatic rings. The molecule has 0 radical (unpaired) electrons. The third-order valence-corrected chi connectivity index (χ3v) is 12.8. The lowest BCUT2D eigenvalue weighted by molar-refractivity contribution is -0.134. The molecule has 4 aliphatic heterocycles. The topological polar surface area (TPSA) is 167 Å². The zero-order chi connectivity index (χ0) is 44.9. The predicted octanol–water partition coefficient (Wildman–Crippen LogP) is 4.96. The van der Waals surface area contributed by atoms with Crippen molar-refractivity contribution >= 4 is 57.4 Å². The summed E-state index contributed by atoms with van der Waals surface area (Å²) in [4.78, 5) is 60.0. The Morgan fingerprint density at radius 3 is 2.22 bits per heavy atom. The van der Waals surface area contributed by atoms with E-state index < -0.39 is 17.7 Å². The molecule has 5 aromatic rings. The molecule has 65 heavy (non-hydrogen) atoms. The van der Waals surface area contributed by atoms with Crippen molar-refractivity contribution in [2.45, 2.75) is 50.7 Å². The molecule has 5 heterocycles. The smallest absolute Gasteiger partial charge is 0.258 e. The van der Waals surface area contributed by atoms with Crippen LogP contribution < -0.4 is 26.2 Å². The molecular weight excluding hydrogens is 835 g/mol. The first-order valence-corrected chi connectivity index (χ1v) is 22.5. The summed E-state index contributed by atoms with van der Waals surface area (Å²) < 4.78 is 33.4. The molecular formula is C48H54F2N10O5. The summed E-state index contributed by atoms with van der Waals surface area (Å²) in [6.45, 7) is 8.30. The van der Waals surface area contributed by atoms with Crippen molar-refractivity contribution < 1.29 is 32.7 Å². The number of nitrogens with one attached hydrogen (secondary N) is 5. The van der Waals surface area contributed by atoms with Gasteiger partial charge in [-0.05, 0) is 97.0 Å². The summed E-state index contributed by atoms with van der Waals surface area (Å²) in [5.74, 6) is -1.63. The molecule has 17 heteroatoms. The second-order valence-electron chi connectivity index (χ2n) is 17.4. The standard InChI is InChI=1S/C48H54F2N10O5/c49-34-24-33(25-35(50)27-34)23-32-3-8-41-40(26-32)46(56-55-41)54-47(63)39-7-6-38(28-43(39)52-37-11-21-65-22-12-37)59-17-19-60(20-18-59)45(62)30-58-15-13-57(14-16-58)29-31-1-4-36(5-2-31)51-42-9-10-44(61)53-48(42)64/h1-8,24-28,37,42,51-52H,9-23,29-30H2,(H,53,61,64)(H2,54,55,56,63). The van der Waals surface area contributed by atoms with Crippen molar-refractivity contribution in [3.8, 4) is 0 Å². The molecule has 340 valence electrons. The number of hydrogen-bond acceptors (Lipinski definition) is 11. The number of anilines is 4. The monoisotopic (exact) mass is 888 g/mol. The maximum atomic E-state index is 14.0. The number of fused-ring (bicyclic) bond motifs is 1. The molecule has 4 saturated heterocycles. The lowest BCUT2D eigenvalue weighted by Crippen LogP contribution is -2.53. The normalized spacial score (nSPS) is 19.0. The second-order valence-corrected chi connectivity index (χ2v) is 17.4. The summed E-state index contributed by atoms with van der Waals surface area (Å²) in [5.41, 5.74) is 6.17. The van der Waals surface area contributed by atoms with Crippen molar-refractivity contribution in [3.63, 3.8) is 0 Å². The van der Waals surface area contributed by atoms with Crippen LogP contribution in [0.3, 0.4) is 0 Å². The fraction of sp³-hybridized carbons (Fsp3) is 0.396. The Labute approximate surface area is 375 Å². The van der Waals surface area contributed by atoms with Gasteiger partial charge in [-0.2, -0.15) is 5.10 Å². The molecule has 4 amide bonds. The zero-order valence-corrected chi connectivity index (χ0v) is 36.2. The highest BCUT2D eigenvalue weighted by Gasteiger charge is 2.28. The van der Waals surface area contributed by atoms with Crippen molar-refractivity contribution in [1.29, 1.82) is 0 Å². The van der Waals surface area contributed by atoms with Gasteiger partial charge in [-0.3, -0.25) is 39.4 Å². The van der Waals surface area contributed by atoms with Gasteiger partial charge in [0.1, 0.15) is 17.7 Å². The van der Waals surface area contributed by atoms with Crippen molar-refractivity contribution in [2.24, 2.45) is 0 Å². The summed E-state index contributed by atoms with van der Waals surface area (Å²) in [6, 6.07) is 22.6. The fourth-order valence-electron chi connectivity index (χ4n) is 9.11. The molecule has 1 unspecified atom stereocenters. The first-order chi connectivity index (χ1) is 31.6. The highest BCUT2D eigenvalue weighted by Crippen LogP contribution is 2.30. The lowest BCUT2D eigenvalue weighted by atomic mass is 10.0. The number of aromatic nitrogens is 2. The Bertz CT molecular complexity index is 2510. The average Bonchev–Trinajstić information content (AvgIpc) is 3.70. The Kier molecular flexibility index (Phi) is 13.3. The van der Waals surface area contributed by atoms with Crippen LogP contribution >= 0.6 is 0 Å². The number of piperazine rings is 2. The second kappa shape index (κ2) is 19.8. The number of benzene rings is 4. The van der Waals surface area contributed by atoms with Crippen molar-refractivity contribution in [2.75, 3.05) is 93.0 Å². The van der Waals surface area contributed by atoms with Gasteiger partial charge in [-0.1, -0.05) is 18.2 Å². The average molecular weight is 889 g/mol. The van der Waals surface area contributed by atoms with Crippen LogP contribution in [-0.2, 0) is 32.1 Å². The van der Waals surface area contributed by atoms with E-state index in [0.717, 1.165) is 68.6 Å². The van der Waals surface area contributed by atoms with Gasteiger partial charge in [0.05, 0.1) is 17.6 Å². The molecule has 5 N–H and O–H groups in total. The van der Waals surface area contributed by atoms with Gasteiger partial charge in [0.2, 0.25) is 17.7 Å². The highest BCUT2D eigenvalue weighted by molar-refractivity contribution is 6.11. The molecule has 0 saturated carbocycles. The summed E-state index contributed by atoms with van der Waals surface area (Å²) in [6.07, 6.45) is 2.74. The van der Waals surface area contributed by atoms with E-state index in [9.17, 15) is 28.0 Å². The molecule has 1 aromatic heterocycles. The molecule has 0 bridgehead atoms. The van der Waals surface area contributed by atoms with E-state index >= 15 is 0 Å². The zero-order valence-electron chi connectivity index (χ0n) is 36.2. The minimum atomic E-state index is -0.634. The molecule has 15 nitrogen and oxygen atoms in total. The van der Waals surface area contributed by atoms with Crippen LogP contribution in [0.15, 0.2) is 78.9 Å². The SMILES string of the molecule is O=C1CCC(Nc2ccc(CN3CCN(CC(=O)N4CCN(c5ccc(C(=O)Nc6n[nH]c7ccc(Cc8cc(F)cc(F)c8)cc67)c(NC6CCOCC6)c5)CC4)CC3)cc2)C(=O)N1. The Balaban J connectivity index is 0.777. The first kappa shape index (κ1) is 43.8. The number of hydrogen-bond donors (Lipinski definition) is 5. The van der Waals surface area contributed by atoms with E-state index in [0.29, 0.717) is 98.7 Å². The molecule has 4 fully saturated rings. The van der Waals surface area contributed by atoms with E-state index in [2.05, 4.69) is 58.3 Å². The van der Waals surface area contributed by atoms with Gasteiger partial charge in [0.15, 0.2) is 5.82 Å². The Morgan fingerprint density at radius 1 is 0.754 bits per heavy atom. The largest absolute Gasteiger partial charge is 0.381 e. The van der Waals surface area contributed by atoms with Crippen molar-refractivity contribution in [3.05, 3.63) is 113 Å². The van der Waals surface area contributed by atoms with Crippen LogP contribution in [0.25, 0.3) is 10.9 Å². The maximum Gasteiger partial charge on any atom is 0.258 e. The fourth-order valence-corrected chi connectivity index (χ4v) is 9.11. The van der Waals surface area contributed by atoms with Gasteiger partial charge >= 0.3 is 0 Å². The van der Waals surface area contributed by atoms with Gasteiger partial charge in [-0.15, -0.1) is 0 Å². The first-order valence-electron chi connectivity index (χ1n) is 22.5. The van der Waals surface area contributed by atoms with E-state index in [1.165, 1.54) is 17.7 Å². The number of rotatable bonds is 13. The third kappa shape index (κ3) is 10.9. The van der Waals surface area contributed by atoms with E-state index in [1.807, 2.05) is 53.4 Å². The van der Waals surface area contributed by atoms with Gasteiger partial charge < -0.3 is 30.5 Å². The molecule has 0 spiro atoms. The van der Waals surface area contributed by atoms with Gasteiger partial charge in [-0.25, -0.2) is 8.78 Å². The number of ether oxygens (including phenoxy) is 1. The quantitative estimate of drug-likeness (QED) is 0.102. The number of imide groups is 1. The van der Waals surface area contributed by atoms with Crippen LogP contribution in [0.2, 0.25) is 0 Å². The minimum absolute atomic E-state index is 0.130. The highest BCUT2D eigenvalue weighted by atomic mass is 19.1. The summed E-state index contributed by atoms with van der Waals surface area (Å²) in [7, 11) is 0. The summed E-state index contributed by atoms with van der Waals surface area (Å²) in [5, 5.41) is 20.3. The van der Waals surface area contributed by atoms with E-state index in [4.69, 9.17) is 4.74 Å². The molecule has 9 rings (SSSR count). The van der Waals surface area contributed by atoms with Crippen LogP contribution in [0.1, 0.15) is 52.7 Å². The molecule has 4 aromatic carbocycles. The van der Waals surface area contributed by atoms with Crippen LogP contribution in [0, 0.1) is 11.6 Å². The number of aromatic amines is 1. The number of H-pyrrole nitrogens is 1. The van der Waals surface area contributed by atoms with E-state index in [-0.39, 0.29) is 29.7 Å². The maximum absolute atomic E-state index is 14.0. The van der Waals surface area contributed by atoms with Crippen LogP contribution in [0.5, 0.6) is 0 Å². The number of halogens is 2. The van der Waals surface area contributed by atoms with Gasteiger partial charge in [0.25, 0.3) is 5.91 Å². The minimum Gasteiger partial charge on any atom is -0.381 e. The number of piperidine rings is 1. The van der Waals surface area contributed by atoms with Crippen LogP contribution in [-0.4, -0.2) is 133 Å². The summed E-state index contributed by atoms with van der Waals surface area (Å²) >= 11 is 0. The molecule has 0 aliphatic carbocycles. The number of nitrogens with zero attached hydrogens (tertiary/aromatic N) is 5. The third-order valence-electron chi connectivity index (χ3n) is 12.8. The number of carbonyl (C=O) groups is 4. The van der Waals surface area contributed by atoms with E-state index in [1.54, 1.807) is 0 Å². The Morgan fingerprint density at radius 2 is 1.48 bits per heavy atom. The van der Waals surface area contributed by atoms with Crippen LogP contribution in [0.4, 0.5) is 31.7 Å². The number of carbonyl (C=O) groups excluding carboxylic acids is 4. The number of amides is 4. The predicted molar refractivity (Wildman–Crippen MR) is 244 cm³/mol. The molecule has 1 atom stereocenters. The van der Waals surface area contributed by atoms with Gasteiger partial charge in [0, 0.05) is 113 Å². The lowest BCUT2D eigenvalue weighted by Gasteiger charge is -2.39.